The first-order chi connectivity index (χ1) is 17.2. The number of likely N-dealkylation sites (tertiary alicyclic amines) is 1. The molecule has 1 saturated heterocycles. The number of benzene rings is 2. The van der Waals surface area contributed by atoms with Crippen molar-refractivity contribution in [3.63, 3.8) is 0 Å². The van der Waals surface area contributed by atoms with Crippen molar-refractivity contribution >= 4 is 52.0 Å². The maximum Gasteiger partial charge on any atom is 0.310 e. The van der Waals surface area contributed by atoms with Crippen LogP contribution < -0.4 is 5.32 Å². The number of hydrogen-bond acceptors (Lipinski definition) is 5. The highest BCUT2D eigenvalue weighted by molar-refractivity contribution is 6.34. The number of amides is 2. The SMILES string of the molecule is CCOC(=O)C(C)[C@H]1CCCN1C(=O)c1ccc(C(=O)N[C@@H](C)c2nc3ccc(Cl)cc3[nH]2)cc1Cl. The molecule has 0 radical (unpaired) electrons. The van der Waals surface area contributed by atoms with Gasteiger partial charge in [0, 0.05) is 23.2 Å². The minimum Gasteiger partial charge on any atom is -0.466 e. The number of hydrogen-bond donors (Lipinski definition) is 2. The smallest absolute Gasteiger partial charge is 0.310 e. The number of nitrogens with zero attached hydrogens (tertiary/aromatic N) is 2. The maximum atomic E-state index is 13.3. The zero-order chi connectivity index (χ0) is 26.0. The summed E-state index contributed by atoms with van der Waals surface area (Å²) in [5.74, 6) is -0.774. The second-order valence-corrected chi connectivity index (χ2v) is 9.77. The summed E-state index contributed by atoms with van der Waals surface area (Å²) in [6, 6.07) is 9.28. The van der Waals surface area contributed by atoms with E-state index < -0.39 is 12.0 Å². The molecule has 1 aliphatic heterocycles. The van der Waals surface area contributed by atoms with Crippen LogP contribution in [-0.4, -0.2) is 51.8 Å². The van der Waals surface area contributed by atoms with Crippen LogP contribution in [0.5, 0.6) is 0 Å². The number of esters is 1. The summed E-state index contributed by atoms with van der Waals surface area (Å²) < 4.78 is 5.14. The van der Waals surface area contributed by atoms with E-state index in [0.717, 1.165) is 23.9 Å². The lowest BCUT2D eigenvalue weighted by atomic mass is 9.99. The van der Waals surface area contributed by atoms with Gasteiger partial charge in [-0.15, -0.1) is 0 Å². The first kappa shape index (κ1) is 26.0. The Balaban J connectivity index is 1.46. The number of carbonyl (C=O) groups excluding carboxylic acids is 3. The van der Waals surface area contributed by atoms with Gasteiger partial charge in [-0.2, -0.15) is 0 Å². The standard InChI is InChI=1S/C26H28Cl2N4O4/c1-4-36-26(35)14(2)22-6-5-11-32(22)25(34)18-9-7-16(12-19(18)28)24(33)29-15(3)23-30-20-10-8-17(27)13-21(20)31-23/h7-10,12-15,22H,4-6,11H2,1-3H3,(H,29,33)(H,30,31)/t14?,15-,22+/m0/s1. The van der Waals surface area contributed by atoms with E-state index in [0.29, 0.717) is 35.1 Å². The molecule has 190 valence electrons. The van der Waals surface area contributed by atoms with E-state index in [1.54, 1.807) is 49.1 Å². The Kier molecular flexibility index (Phi) is 7.85. The number of imidazole rings is 1. The third kappa shape index (κ3) is 5.34. The van der Waals surface area contributed by atoms with Crippen LogP contribution in [0.1, 0.15) is 66.2 Å². The number of halogens is 2. The van der Waals surface area contributed by atoms with Crippen molar-refractivity contribution < 1.29 is 19.1 Å². The lowest BCUT2D eigenvalue weighted by molar-refractivity contribution is -0.149. The van der Waals surface area contributed by atoms with Crippen molar-refractivity contribution in [2.24, 2.45) is 5.92 Å². The van der Waals surface area contributed by atoms with E-state index in [2.05, 4.69) is 15.3 Å². The zero-order valence-corrected chi connectivity index (χ0v) is 21.8. The predicted octanol–water partition coefficient (Wildman–Crippen LogP) is 5.16. The van der Waals surface area contributed by atoms with Crippen LogP contribution in [0.3, 0.4) is 0 Å². The van der Waals surface area contributed by atoms with Crippen molar-refractivity contribution in [3.05, 3.63) is 63.4 Å². The topological polar surface area (TPSA) is 104 Å². The fourth-order valence-corrected chi connectivity index (χ4v) is 4.97. The van der Waals surface area contributed by atoms with Gasteiger partial charge in [0.2, 0.25) is 0 Å². The summed E-state index contributed by atoms with van der Waals surface area (Å²) >= 11 is 12.5. The number of aromatic amines is 1. The van der Waals surface area contributed by atoms with E-state index in [9.17, 15) is 14.4 Å². The molecule has 1 fully saturated rings. The second-order valence-electron chi connectivity index (χ2n) is 8.92. The Bertz CT molecular complexity index is 1310. The molecule has 10 heteroatoms. The quantitative estimate of drug-likeness (QED) is 0.410. The minimum absolute atomic E-state index is 0.174. The van der Waals surface area contributed by atoms with Gasteiger partial charge in [0.05, 0.1) is 40.2 Å². The van der Waals surface area contributed by atoms with Gasteiger partial charge >= 0.3 is 5.97 Å². The molecule has 2 aromatic carbocycles. The molecule has 2 amide bonds. The Hall–Kier alpha value is -3.10. The molecule has 0 saturated carbocycles. The first-order valence-corrected chi connectivity index (χ1v) is 12.7. The van der Waals surface area contributed by atoms with Crippen LogP contribution in [0.4, 0.5) is 0 Å². The third-order valence-corrected chi connectivity index (χ3v) is 7.03. The summed E-state index contributed by atoms with van der Waals surface area (Å²) in [6.07, 6.45) is 1.51. The van der Waals surface area contributed by atoms with Gasteiger partial charge < -0.3 is 19.9 Å². The highest BCUT2D eigenvalue weighted by Crippen LogP contribution is 2.29. The summed E-state index contributed by atoms with van der Waals surface area (Å²) in [6.45, 7) is 6.18. The lowest BCUT2D eigenvalue weighted by Gasteiger charge is -2.28. The molecule has 4 rings (SSSR count). The molecule has 8 nitrogen and oxygen atoms in total. The number of nitrogens with one attached hydrogen (secondary N) is 2. The van der Waals surface area contributed by atoms with Gasteiger partial charge in [-0.1, -0.05) is 23.2 Å². The van der Waals surface area contributed by atoms with Crippen LogP contribution in [0.25, 0.3) is 11.0 Å². The fourth-order valence-electron chi connectivity index (χ4n) is 4.53. The molecule has 36 heavy (non-hydrogen) atoms. The van der Waals surface area contributed by atoms with E-state index in [1.165, 1.54) is 6.07 Å². The van der Waals surface area contributed by atoms with Crippen LogP contribution in [0.2, 0.25) is 10.0 Å². The predicted molar refractivity (Wildman–Crippen MR) is 138 cm³/mol. The van der Waals surface area contributed by atoms with Crippen molar-refractivity contribution in [2.75, 3.05) is 13.2 Å². The van der Waals surface area contributed by atoms with Crippen molar-refractivity contribution in [1.82, 2.24) is 20.2 Å². The van der Waals surface area contributed by atoms with Crippen LogP contribution in [0.15, 0.2) is 36.4 Å². The molecule has 0 spiro atoms. The van der Waals surface area contributed by atoms with Crippen molar-refractivity contribution in [3.8, 4) is 0 Å². The van der Waals surface area contributed by atoms with E-state index in [4.69, 9.17) is 27.9 Å². The molecule has 1 aromatic heterocycles. The number of fused-ring (bicyclic) bond motifs is 1. The molecular weight excluding hydrogens is 503 g/mol. The molecule has 1 unspecified atom stereocenters. The Morgan fingerprint density at radius 2 is 1.97 bits per heavy atom. The Morgan fingerprint density at radius 3 is 2.69 bits per heavy atom. The van der Waals surface area contributed by atoms with Gasteiger partial charge in [-0.3, -0.25) is 14.4 Å². The molecule has 0 aliphatic carbocycles. The average Bonchev–Trinajstić information content (AvgIpc) is 3.50. The number of ether oxygens (including phenoxy) is 1. The highest BCUT2D eigenvalue weighted by atomic mass is 35.5. The van der Waals surface area contributed by atoms with E-state index >= 15 is 0 Å². The molecule has 2 N–H and O–H groups in total. The largest absolute Gasteiger partial charge is 0.466 e. The third-order valence-electron chi connectivity index (χ3n) is 6.48. The number of H-pyrrole nitrogens is 1. The average molecular weight is 531 g/mol. The Labute approximate surface area is 219 Å². The Morgan fingerprint density at radius 1 is 1.19 bits per heavy atom. The molecule has 2 heterocycles. The first-order valence-electron chi connectivity index (χ1n) is 11.9. The van der Waals surface area contributed by atoms with Gasteiger partial charge in [0.1, 0.15) is 5.82 Å². The second kappa shape index (κ2) is 10.9. The summed E-state index contributed by atoms with van der Waals surface area (Å²) in [5.41, 5.74) is 2.14. The number of carbonyl (C=O) groups is 3. The maximum absolute atomic E-state index is 13.3. The lowest BCUT2D eigenvalue weighted by Crippen LogP contribution is -2.42. The zero-order valence-electron chi connectivity index (χ0n) is 20.3. The summed E-state index contributed by atoms with van der Waals surface area (Å²) in [4.78, 5) is 47.8. The number of rotatable bonds is 7. The van der Waals surface area contributed by atoms with Gasteiger partial charge in [0.25, 0.3) is 11.8 Å². The minimum atomic E-state index is -0.434. The monoisotopic (exact) mass is 530 g/mol. The van der Waals surface area contributed by atoms with Gasteiger partial charge in [0.15, 0.2) is 0 Å². The van der Waals surface area contributed by atoms with Crippen molar-refractivity contribution in [1.29, 1.82) is 0 Å². The van der Waals surface area contributed by atoms with Gasteiger partial charge in [-0.25, -0.2) is 4.98 Å². The molecule has 0 bridgehead atoms. The normalized spacial score (nSPS) is 17.1. The molecule has 1 aliphatic rings. The van der Waals surface area contributed by atoms with Crippen LogP contribution >= 0.6 is 23.2 Å². The molecular formula is C26H28Cl2N4O4. The summed E-state index contributed by atoms with van der Waals surface area (Å²) in [5, 5.41) is 3.66. The highest BCUT2D eigenvalue weighted by Gasteiger charge is 2.37. The van der Waals surface area contributed by atoms with E-state index in [-0.39, 0.29) is 28.8 Å². The van der Waals surface area contributed by atoms with Crippen LogP contribution in [0, 0.1) is 5.92 Å². The number of aromatic nitrogens is 2. The summed E-state index contributed by atoms with van der Waals surface area (Å²) in [7, 11) is 0. The van der Waals surface area contributed by atoms with Crippen LogP contribution in [-0.2, 0) is 9.53 Å². The van der Waals surface area contributed by atoms with E-state index in [1.807, 2.05) is 6.92 Å². The van der Waals surface area contributed by atoms with Crippen molar-refractivity contribution in [2.45, 2.75) is 45.7 Å². The molecule has 3 aromatic rings. The molecule has 3 atom stereocenters. The van der Waals surface area contributed by atoms with Gasteiger partial charge in [-0.05, 0) is 70.0 Å². The fraction of sp³-hybridized carbons (Fsp3) is 0.385.